The van der Waals surface area contributed by atoms with Crippen LogP contribution in [0.15, 0.2) is 42.5 Å². The highest BCUT2D eigenvalue weighted by Gasteiger charge is 2.20. The molecule has 3 rings (SSSR count). The smallest absolute Gasteiger partial charge is 0.251 e. The van der Waals surface area contributed by atoms with Gasteiger partial charge >= 0.3 is 0 Å². The van der Waals surface area contributed by atoms with Gasteiger partial charge in [-0.1, -0.05) is 0 Å². The molecule has 0 atom stereocenters. The monoisotopic (exact) mass is 376 g/mol. The van der Waals surface area contributed by atoms with Gasteiger partial charge in [-0.2, -0.15) is 0 Å². The molecule has 0 radical (unpaired) electrons. The Morgan fingerprint density at radius 3 is 2.37 bits per heavy atom. The van der Waals surface area contributed by atoms with Gasteiger partial charge in [0.2, 0.25) is 0 Å². The largest absolute Gasteiger partial charge is 0.351 e. The van der Waals surface area contributed by atoms with Crippen molar-refractivity contribution in [1.29, 1.82) is 0 Å². The molecule has 1 saturated heterocycles. The topological polar surface area (TPSA) is 32.3 Å². The van der Waals surface area contributed by atoms with E-state index in [1.54, 1.807) is 0 Å². The van der Waals surface area contributed by atoms with Gasteiger partial charge in [0.1, 0.15) is 17.5 Å². The Hall–Kier alpha value is -2.34. The first-order valence-electron chi connectivity index (χ1n) is 9.21. The van der Waals surface area contributed by atoms with Gasteiger partial charge in [-0.3, -0.25) is 4.79 Å². The first kappa shape index (κ1) is 19.4. The van der Waals surface area contributed by atoms with Crippen LogP contribution in [-0.4, -0.2) is 37.0 Å². The molecule has 1 N–H and O–H groups in total. The van der Waals surface area contributed by atoms with E-state index in [1.165, 1.54) is 36.4 Å². The van der Waals surface area contributed by atoms with Crippen LogP contribution in [0.3, 0.4) is 0 Å². The van der Waals surface area contributed by atoms with E-state index in [9.17, 15) is 18.0 Å². The van der Waals surface area contributed by atoms with Gasteiger partial charge in [0.25, 0.3) is 5.91 Å². The van der Waals surface area contributed by atoms with Crippen molar-refractivity contribution in [1.82, 2.24) is 10.2 Å². The number of piperidine rings is 1. The summed E-state index contributed by atoms with van der Waals surface area (Å²) in [5.41, 5.74) is 0.882. The fourth-order valence-electron chi connectivity index (χ4n) is 3.46. The van der Waals surface area contributed by atoms with E-state index in [2.05, 4.69) is 10.2 Å². The van der Waals surface area contributed by atoms with Crippen LogP contribution < -0.4 is 5.32 Å². The maximum atomic E-state index is 13.8. The fourth-order valence-corrected chi connectivity index (χ4v) is 3.46. The first-order chi connectivity index (χ1) is 13.0. The first-order valence-corrected chi connectivity index (χ1v) is 9.21. The van der Waals surface area contributed by atoms with Gasteiger partial charge in [-0.05, 0) is 86.3 Å². The molecular formula is C21H23F3N2O. The third-order valence-corrected chi connectivity index (χ3v) is 5.04. The van der Waals surface area contributed by atoms with E-state index in [0.717, 1.165) is 38.5 Å². The average molecular weight is 376 g/mol. The number of carbonyl (C=O) groups is 1. The van der Waals surface area contributed by atoms with Crippen LogP contribution in [0.1, 0.15) is 28.8 Å². The Kier molecular flexibility index (Phi) is 6.50. The summed E-state index contributed by atoms with van der Waals surface area (Å²) in [7, 11) is 0. The summed E-state index contributed by atoms with van der Waals surface area (Å²) in [6.07, 6.45) is 2.39. The van der Waals surface area contributed by atoms with Crippen molar-refractivity contribution in [2.45, 2.75) is 19.3 Å². The number of carbonyl (C=O) groups excluding carboxylic acids is 1. The molecular weight excluding hydrogens is 353 g/mol. The summed E-state index contributed by atoms with van der Waals surface area (Å²) in [4.78, 5) is 14.2. The molecule has 1 aliphatic heterocycles. The lowest BCUT2D eigenvalue weighted by molar-refractivity contribution is 0.0944. The number of likely N-dealkylation sites (tertiary alicyclic amines) is 1. The van der Waals surface area contributed by atoms with E-state index in [4.69, 9.17) is 0 Å². The molecule has 2 aromatic carbocycles. The average Bonchev–Trinajstić information content (AvgIpc) is 2.66. The minimum absolute atomic E-state index is 0.216. The molecule has 1 aliphatic rings. The van der Waals surface area contributed by atoms with Crippen LogP contribution in [0.25, 0.3) is 0 Å². The molecule has 1 amide bonds. The van der Waals surface area contributed by atoms with E-state index < -0.39 is 5.82 Å². The molecule has 0 saturated carbocycles. The molecule has 1 heterocycles. The molecule has 0 aromatic heterocycles. The van der Waals surface area contributed by atoms with E-state index >= 15 is 0 Å². The zero-order chi connectivity index (χ0) is 19.2. The lowest BCUT2D eigenvalue weighted by atomic mass is 9.90. The zero-order valence-corrected chi connectivity index (χ0v) is 15.1. The molecule has 3 nitrogen and oxygen atoms in total. The second-order valence-corrected chi connectivity index (χ2v) is 6.99. The minimum Gasteiger partial charge on any atom is -0.351 e. The number of amides is 1. The molecule has 27 heavy (non-hydrogen) atoms. The normalized spacial score (nSPS) is 15.7. The number of nitrogens with zero attached hydrogens (tertiary/aromatic N) is 1. The highest BCUT2D eigenvalue weighted by atomic mass is 19.1. The second kappa shape index (κ2) is 9.04. The minimum atomic E-state index is -0.402. The molecule has 0 spiro atoms. The summed E-state index contributed by atoms with van der Waals surface area (Å²) < 4.78 is 39.9. The van der Waals surface area contributed by atoms with E-state index in [0.29, 0.717) is 30.0 Å². The number of rotatable bonds is 6. The number of benzene rings is 2. The van der Waals surface area contributed by atoms with Crippen LogP contribution >= 0.6 is 0 Å². The number of halogens is 3. The maximum absolute atomic E-state index is 13.8. The lowest BCUT2D eigenvalue weighted by Gasteiger charge is -2.32. The highest BCUT2D eigenvalue weighted by molar-refractivity contribution is 5.94. The Balaban J connectivity index is 1.39. The van der Waals surface area contributed by atoms with E-state index in [1.807, 2.05) is 0 Å². The van der Waals surface area contributed by atoms with Crippen LogP contribution in [-0.2, 0) is 6.42 Å². The summed E-state index contributed by atoms with van der Waals surface area (Å²) in [6, 6.07) is 9.06. The maximum Gasteiger partial charge on any atom is 0.251 e. The molecule has 6 heteroatoms. The van der Waals surface area contributed by atoms with Gasteiger partial charge in [0.05, 0.1) is 0 Å². The predicted octanol–water partition coefficient (Wildman–Crippen LogP) is 3.79. The van der Waals surface area contributed by atoms with Crippen LogP contribution in [0.2, 0.25) is 0 Å². The van der Waals surface area contributed by atoms with Crippen molar-refractivity contribution < 1.29 is 18.0 Å². The highest BCUT2D eigenvalue weighted by Crippen LogP contribution is 2.23. The third kappa shape index (κ3) is 5.57. The molecule has 0 bridgehead atoms. The SMILES string of the molecule is O=C(NCCN1CCC(Cc2cc(F)ccc2F)CC1)c1ccc(F)cc1. The molecule has 1 fully saturated rings. The Bertz CT molecular complexity index is 771. The summed E-state index contributed by atoms with van der Waals surface area (Å²) in [5.74, 6) is -0.992. The van der Waals surface area contributed by atoms with Crippen molar-refractivity contribution in [3.63, 3.8) is 0 Å². The molecule has 144 valence electrons. The number of nitrogens with one attached hydrogen (secondary N) is 1. The Morgan fingerprint density at radius 1 is 1.00 bits per heavy atom. The second-order valence-electron chi connectivity index (χ2n) is 6.99. The van der Waals surface area contributed by atoms with Crippen LogP contribution in [0.4, 0.5) is 13.2 Å². The van der Waals surface area contributed by atoms with Crippen molar-refractivity contribution in [2.24, 2.45) is 5.92 Å². The van der Waals surface area contributed by atoms with Gasteiger partial charge in [0, 0.05) is 18.7 Å². The zero-order valence-electron chi connectivity index (χ0n) is 15.1. The fraction of sp³-hybridized carbons (Fsp3) is 0.381. The van der Waals surface area contributed by atoms with Crippen molar-refractivity contribution in [3.8, 4) is 0 Å². The third-order valence-electron chi connectivity index (χ3n) is 5.04. The van der Waals surface area contributed by atoms with E-state index in [-0.39, 0.29) is 17.5 Å². The van der Waals surface area contributed by atoms with Crippen LogP contribution in [0.5, 0.6) is 0 Å². The Morgan fingerprint density at radius 2 is 1.67 bits per heavy atom. The van der Waals surface area contributed by atoms with Crippen LogP contribution in [0, 0.1) is 23.4 Å². The van der Waals surface area contributed by atoms with Crippen molar-refractivity contribution >= 4 is 5.91 Å². The standard InChI is InChI=1S/C21H23F3N2O/c22-18-3-1-16(2-4-18)21(27)25-9-12-26-10-7-15(8-11-26)13-17-14-19(23)5-6-20(17)24/h1-6,14-15H,7-13H2,(H,25,27). The van der Waals surface area contributed by atoms with Gasteiger partial charge in [-0.25, -0.2) is 13.2 Å². The van der Waals surface area contributed by atoms with Crippen molar-refractivity contribution in [2.75, 3.05) is 26.2 Å². The number of hydrogen-bond donors (Lipinski definition) is 1. The molecule has 0 unspecified atom stereocenters. The lowest BCUT2D eigenvalue weighted by Crippen LogP contribution is -2.40. The summed E-state index contributed by atoms with van der Waals surface area (Å²) in [5, 5.41) is 2.84. The van der Waals surface area contributed by atoms with Crippen molar-refractivity contribution in [3.05, 3.63) is 71.0 Å². The molecule has 2 aromatic rings. The summed E-state index contributed by atoms with van der Waals surface area (Å²) in [6.45, 7) is 2.98. The Labute approximate surface area is 157 Å². The van der Waals surface area contributed by atoms with Gasteiger partial charge in [0.15, 0.2) is 0 Å². The quantitative estimate of drug-likeness (QED) is 0.832. The molecule has 0 aliphatic carbocycles. The van der Waals surface area contributed by atoms with Gasteiger partial charge in [-0.15, -0.1) is 0 Å². The number of hydrogen-bond acceptors (Lipinski definition) is 2. The van der Waals surface area contributed by atoms with Gasteiger partial charge < -0.3 is 10.2 Å². The predicted molar refractivity (Wildman–Crippen MR) is 98.0 cm³/mol. The summed E-state index contributed by atoms with van der Waals surface area (Å²) >= 11 is 0.